The number of amides is 1. The molecule has 0 spiro atoms. The van der Waals surface area contributed by atoms with Gasteiger partial charge in [0.25, 0.3) is 0 Å². The quantitative estimate of drug-likeness (QED) is 0.917. The van der Waals surface area contributed by atoms with Crippen molar-refractivity contribution in [3.63, 3.8) is 0 Å². The van der Waals surface area contributed by atoms with Crippen molar-refractivity contribution in [1.29, 1.82) is 0 Å². The van der Waals surface area contributed by atoms with Crippen LogP contribution in [0.15, 0.2) is 28.7 Å². The highest BCUT2D eigenvalue weighted by Gasteiger charge is 2.25. The lowest BCUT2D eigenvalue weighted by Gasteiger charge is -2.32. The highest BCUT2D eigenvalue weighted by Crippen LogP contribution is 2.16. The Morgan fingerprint density at radius 1 is 1.50 bits per heavy atom. The largest absolute Gasteiger partial charge is 0.367 e. The topological polar surface area (TPSA) is 55.6 Å². The zero-order valence-corrected chi connectivity index (χ0v) is 11.7. The predicted molar refractivity (Wildman–Crippen MR) is 73.0 cm³/mol. The zero-order valence-electron chi connectivity index (χ0n) is 10.1. The highest BCUT2D eigenvalue weighted by molar-refractivity contribution is 9.10. The van der Waals surface area contributed by atoms with Crippen LogP contribution in [-0.2, 0) is 16.1 Å². The molecule has 1 saturated heterocycles. The van der Waals surface area contributed by atoms with E-state index in [0.717, 1.165) is 16.5 Å². The lowest BCUT2D eigenvalue weighted by atomic mass is 10.1. The van der Waals surface area contributed by atoms with Gasteiger partial charge in [-0.25, -0.2) is 0 Å². The molecule has 0 saturated carbocycles. The minimum Gasteiger partial charge on any atom is -0.367 e. The molecule has 0 aliphatic carbocycles. The summed E-state index contributed by atoms with van der Waals surface area (Å²) in [6, 6.07) is 8.00. The summed E-state index contributed by atoms with van der Waals surface area (Å²) in [5.74, 6) is 0.0447. The van der Waals surface area contributed by atoms with E-state index in [1.54, 1.807) is 0 Å². The van der Waals surface area contributed by atoms with Crippen LogP contribution in [-0.4, -0.2) is 36.6 Å². The molecule has 1 fully saturated rings. The molecular formula is C13H17BrN2O2. The molecule has 1 aromatic carbocycles. The predicted octanol–water partition coefficient (Wildman–Crippen LogP) is 1.53. The molecule has 2 rings (SSSR count). The van der Waals surface area contributed by atoms with E-state index in [4.69, 9.17) is 10.5 Å². The van der Waals surface area contributed by atoms with E-state index in [2.05, 4.69) is 15.9 Å². The molecule has 1 heterocycles. The molecule has 98 valence electrons. The first-order valence-electron chi connectivity index (χ1n) is 6.03. The molecule has 2 N–H and O–H groups in total. The van der Waals surface area contributed by atoms with Crippen LogP contribution in [0.5, 0.6) is 0 Å². The first-order chi connectivity index (χ1) is 8.69. The summed E-state index contributed by atoms with van der Waals surface area (Å²) in [4.78, 5) is 13.6. The lowest BCUT2D eigenvalue weighted by Crippen LogP contribution is -2.46. The Bertz CT molecular complexity index is 425. The van der Waals surface area contributed by atoms with Crippen molar-refractivity contribution >= 4 is 21.8 Å². The zero-order chi connectivity index (χ0) is 13.0. The van der Waals surface area contributed by atoms with Crippen LogP contribution >= 0.6 is 15.9 Å². The van der Waals surface area contributed by atoms with Gasteiger partial charge in [-0.1, -0.05) is 28.1 Å². The number of morpholine rings is 1. The van der Waals surface area contributed by atoms with Crippen LogP contribution in [0.1, 0.15) is 12.0 Å². The van der Waals surface area contributed by atoms with E-state index in [9.17, 15) is 4.79 Å². The minimum absolute atomic E-state index is 0.0447. The van der Waals surface area contributed by atoms with Crippen molar-refractivity contribution in [3.05, 3.63) is 34.3 Å². The molecule has 5 heteroatoms. The Labute approximate surface area is 115 Å². The summed E-state index contributed by atoms with van der Waals surface area (Å²) in [6.07, 6.45) is 0.863. The van der Waals surface area contributed by atoms with Crippen LogP contribution in [0.3, 0.4) is 0 Å². The summed E-state index contributed by atoms with van der Waals surface area (Å²) < 4.78 is 6.47. The summed E-state index contributed by atoms with van der Waals surface area (Å²) >= 11 is 3.43. The second-order valence-electron chi connectivity index (χ2n) is 4.41. The summed E-state index contributed by atoms with van der Waals surface area (Å²) in [6.45, 7) is 2.01. The summed E-state index contributed by atoms with van der Waals surface area (Å²) in [5, 5.41) is 0. The van der Waals surface area contributed by atoms with Crippen molar-refractivity contribution < 1.29 is 9.53 Å². The van der Waals surface area contributed by atoms with E-state index < -0.39 is 0 Å². The fourth-order valence-electron chi connectivity index (χ4n) is 2.05. The van der Waals surface area contributed by atoms with Crippen LogP contribution in [0.2, 0.25) is 0 Å². The first-order valence-corrected chi connectivity index (χ1v) is 6.82. The minimum atomic E-state index is 0.0447. The van der Waals surface area contributed by atoms with E-state index >= 15 is 0 Å². The second-order valence-corrected chi connectivity index (χ2v) is 5.33. The van der Waals surface area contributed by atoms with Crippen molar-refractivity contribution in [3.8, 4) is 0 Å². The Morgan fingerprint density at radius 2 is 2.33 bits per heavy atom. The number of ether oxygens (including phenoxy) is 1. The molecule has 0 bridgehead atoms. The molecule has 18 heavy (non-hydrogen) atoms. The standard InChI is InChI=1S/C13H17BrN2O2/c14-11-3-1-2-10(6-11)7-16-8-12(4-5-15)18-9-13(16)17/h1-3,6,12H,4-5,7-9,15H2. The highest BCUT2D eigenvalue weighted by atomic mass is 79.9. The Balaban J connectivity index is 2.00. The SMILES string of the molecule is NCCC1CN(Cc2cccc(Br)c2)C(=O)CO1. The number of hydrogen-bond acceptors (Lipinski definition) is 3. The number of nitrogens with two attached hydrogens (primary N) is 1. The fourth-order valence-corrected chi connectivity index (χ4v) is 2.50. The Morgan fingerprint density at radius 3 is 3.06 bits per heavy atom. The van der Waals surface area contributed by atoms with Crippen LogP contribution in [0, 0.1) is 0 Å². The maximum atomic E-state index is 11.8. The molecule has 0 radical (unpaired) electrons. The van der Waals surface area contributed by atoms with Crippen LogP contribution < -0.4 is 5.73 Å². The third-order valence-electron chi connectivity index (χ3n) is 2.97. The first kappa shape index (κ1) is 13.5. The summed E-state index contributed by atoms with van der Waals surface area (Å²) in [7, 11) is 0. The molecular weight excluding hydrogens is 296 g/mol. The number of carbonyl (C=O) groups excluding carboxylic acids is 1. The van der Waals surface area contributed by atoms with Gasteiger partial charge >= 0.3 is 0 Å². The Kier molecular flexibility index (Phi) is 4.74. The monoisotopic (exact) mass is 312 g/mol. The molecule has 1 aliphatic rings. The molecule has 1 unspecified atom stereocenters. The van der Waals surface area contributed by atoms with Gasteiger partial charge < -0.3 is 15.4 Å². The number of hydrogen-bond donors (Lipinski definition) is 1. The number of carbonyl (C=O) groups is 1. The van der Waals surface area contributed by atoms with Gasteiger partial charge in [-0.2, -0.15) is 0 Å². The third kappa shape index (κ3) is 3.54. The van der Waals surface area contributed by atoms with Gasteiger partial charge in [0.2, 0.25) is 5.91 Å². The molecule has 4 nitrogen and oxygen atoms in total. The van der Waals surface area contributed by atoms with E-state index in [1.165, 1.54) is 0 Å². The number of rotatable bonds is 4. The number of benzene rings is 1. The van der Waals surface area contributed by atoms with Gasteiger partial charge in [-0.05, 0) is 30.7 Å². The average molecular weight is 313 g/mol. The lowest BCUT2D eigenvalue weighted by molar-refractivity contribution is -0.149. The van der Waals surface area contributed by atoms with Gasteiger partial charge in [0.15, 0.2) is 0 Å². The van der Waals surface area contributed by atoms with Crippen molar-refractivity contribution in [1.82, 2.24) is 4.90 Å². The van der Waals surface area contributed by atoms with Gasteiger partial charge in [0.05, 0.1) is 6.10 Å². The van der Waals surface area contributed by atoms with Crippen molar-refractivity contribution in [2.24, 2.45) is 5.73 Å². The van der Waals surface area contributed by atoms with Crippen molar-refractivity contribution in [2.75, 3.05) is 19.7 Å². The van der Waals surface area contributed by atoms with Gasteiger partial charge in [-0.15, -0.1) is 0 Å². The summed E-state index contributed by atoms with van der Waals surface area (Å²) in [5.41, 5.74) is 6.64. The maximum absolute atomic E-state index is 11.8. The van der Waals surface area contributed by atoms with E-state index in [1.807, 2.05) is 29.2 Å². The average Bonchev–Trinajstić information content (AvgIpc) is 2.34. The van der Waals surface area contributed by atoms with Gasteiger partial charge in [0.1, 0.15) is 6.61 Å². The normalized spacial score (nSPS) is 20.2. The number of nitrogens with zero attached hydrogens (tertiary/aromatic N) is 1. The molecule has 1 amide bonds. The molecule has 0 aromatic heterocycles. The van der Waals surface area contributed by atoms with Gasteiger partial charge in [-0.3, -0.25) is 4.79 Å². The van der Waals surface area contributed by atoms with Crippen LogP contribution in [0.4, 0.5) is 0 Å². The third-order valence-corrected chi connectivity index (χ3v) is 3.46. The van der Waals surface area contributed by atoms with Crippen LogP contribution in [0.25, 0.3) is 0 Å². The fraction of sp³-hybridized carbons (Fsp3) is 0.462. The smallest absolute Gasteiger partial charge is 0.248 e. The molecule has 1 aliphatic heterocycles. The van der Waals surface area contributed by atoms with E-state index in [0.29, 0.717) is 19.6 Å². The maximum Gasteiger partial charge on any atom is 0.248 e. The Hall–Kier alpha value is -0.910. The van der Waals surface area contributed by atoms with E-state index in [-0.39, 0.29) is 18.6 Å². The number of halogens is 1. The van der Waals surface area contributed by atoms with Gasteiger partial charge in [0, 0.05) is 17.6 Å². The molecule has 1 atom stereocenters. The molecule has 1 aromatic rings. The second kappa shape index (κ2) is 6.31. The van der Waals surface area contributed by atoms with Crippen molar-refractivity contribution in [2.45, 2.75) is 19.1 Å².